The van der Waals surface area contributed by atoms with Crippen LogP contribution in [0.15, 0.2) is 99.8 Å². The fourth-order valence-electron chi connectivity index (χ4n) is 4.25. The maximum atomic E-state index is 13.5. The van der Waals surface area contributed by atoms with Gasteiger partial charge in [0, 0.05) is 15.9 Å². The van der Waals surface area contributed by atoms with Crippen molar-refractivity contribution in [1.82, 2.24) is 14.8 Å². The van der Waals surface area contributed by atoms with E-state index >= 15 is 0 Å². The molecule has 0 spiro atoms. The van der Waals surface area contributed by atoms with Gasteiger partial charge in [-0.15, -0.1) is 5.10 Å². The zero-order valence-corrected chi connectivity index (χ0v) is 24.2. The molecule has 0 aliphatic carbocycles. The summed E-state index contributed by atoms with van der Waals surface area (Å²) in [6.07, 6.45) is 1.02. The average Bonchev–Trinajstić information content (AvgIpc) is 3.37. The molecule has 5 rings (SSSR count). The highest BCUT2D eigenvalue weighted by Crippen LogP contribution is 2.37. The zero-order valence-electron chi connectivity index (χ0n) is 21.8. The number of hydrogen-bond donors (Lipinski definition) is 1. The molecule has 0 amide bonds. The van der Waals surface area contributed by atoms with E-state index in [1.165, 1.54) is 0 Å². The van der Waals surface area contributed by atoms with Crippen LogP contribution in [0, 0.1) is 0 Å². The van der Waals surface area contributed by atoms with E-state index in [-0.39, 0.29) is 6.61 Å². The summed E-state index contributed by atoms with van der Waals surface area (Å²) in [4.78, 5) is 18.2. The van der Waals surface area contributed by atoms with Crippen LogP contribution in [-0.4, -0.2) is 26.5 Å². The van der Waals surface area contributed by atoms with Crippen LogP contribution in [0.2, 0.25) is 0 Å². The molecule has 0 radical (unpaired) electrons. The number of esters is 1. The van der Waals surface area contributed by atoms with Gasteiger partial charge in [-0.2, -0.15) is 4.98 Å². The van der Waals surface area contributed by atoms with Gasteiger partial charge in [0.1, 0.15) is 25.0 Å². The quantitative estimate of drug-likeness (QED) is 0.152. The normalized spacial score (nSPS) is 14.5. The smallest absolute Gasteiger partial charge is 0.338 e. The second kappa shape index (κ2) is 12.5. The van der Waals surface area contributed by atoms with E-state index in [2.05, 4.69) is 33.2 Å². The van der Waals surface area contributed by atoms with E-state index in [0.29, 0.717) is 29.0 Å². The van der Waals surface area contributed by atoms with Crippen LogP contribution in [0.4, 0.5) is 5.95 Å². The lowest BCUT2D eigenvalue weighted by Gasteiger charge is -2.28. The number of fused-ring (bicyclic) bond motifs is 1. The molecular weight excluding hydrogens is 576 g/mol. The Morgan fingerprint density at radius 1 is 1.00 bits per heavy atom. The molecule has 3 aromatic carbocycles. The lowest BCUT2D eigenvalue weighted by atomic mass is 9.95. The van der Waals surface area contributed by atoms with Gasteiger partial charge in [-0.05, 0) is 54.3 Å². The van der Waals surface area contributed by atoms with Gasteiger partial charge in [0.05, 0.1) is 5.57 Å². The second-order valence-corrected chi connectivity index (χ2v) is 11.1. The third kappa shape index (κ3) is 6.54. The number of rotatable bonds is 10. The Kier molecular flexibility index (Phi) is 8.68. The van der Waals surface area contributed by atoms with Gasteiger partial charge >= 0.3 is 5.97 Å². The molecule has 0 bridgehead atoms. The van der Waals surface area contributed by atoms with Crippen LogP contribution in [0.5, 0.6) is 5.75 Å². The Labute approximate surface area is 240 Å². The van der Waals surface area contributed by atoms with Crippen LogP contribution in [0.3, 0.4) is 0 Å². The summed E-state index contributed by atoms with van der Waals surface area (Å²) in [5, 5.41) is 8.70. The van der Waals surface area contributed by atoms with Crippen molar-refractivity contribution >= 4 is 39.6 Å². The predicted molar refractivity (Wildman–Crippen MR) is 157 cm³/mol. The molecule has 4 aromatic rings. The van der Waals surface area contributed by atoms with Crippen molar-refractivity contribution in [3.05, 3.63) is 111 Å². The predicted octanol–water partition coefficient (Wildman–Crippen LogP) is 7.15. The third-order valence-electron chi connectivity index (χ3n) is 6.22. The van der Waals surface area contributed by atoms with Gasteiger partial charge < -0.3 is 14.8 Å². The molecule has 1 unspecified atom stereocenters. The number of benzene rings is 3. The van der Waals surface area contributed by atoms with Crippen molar-refractivity contribution in [2.45, 2.75) is 44.7 Å². The van der Waals surface area contributed by atoms with Gasteiger partial charge in [0.25, 0.3) is 0 Å². The van der Waals surface area contributed by atoms with Crippen LogP contribution >= 0.6 is 27.7 Å². The number of anilines is 1. The van der Waals surface area contributed by atoms with E-state index in [1.807, 2.05) is 85.8 Å². The van der Waals surface area contributed by atoms with Crippen molar-refractivity contribution in [3.63, 3.8) is 0 Å². The molecule has 0 fully saturated rings. The maximum Gasteiger partial charge on any atom is 0.338 e. The topological polar surface area (TPSA) is 78.3 Å². The van der Waals surface area contributed by atoms with E-state index in [4.69, 9.17) is 14.6 Å². The molecule has 2 heterocycles. The molecule has 9 heteroatoms. The van der Waals surface area contributed by atoms with Crippen molar-refractivity contribution < 1.29 is 14.3 Å². The first-order valence-electron chi connectivity index (χ1n) is 12.8. The number of nitrogens with one attached hydrogen (secondary N) is 1. The zero-order chi connectivity index (χ0) is 27.2. The first-order chi connectivity index (χ1) is 19.0. The van der Waals surface area contributed by atoms with E-state index < -0.39 is 12.0 Å². The molecule has 0 saturated heterocycles. The van der Waals surface area contributed by atoms with Gasteiger partial charge in [0.15, 0.2) is 0 Å². The van der Waals surface area contributed by atoms with E-state index in [9.17, 15) is 4.79 Å². The van der Waals surface area contributed by atoms with Gasteiger partial charge in [-0.25, -0.2) is 9.48 Å². The summed E-state index contributed by atoms with van der Waals surface area (Å²) in [5.41, 5.74) is 4.08. The molecule has 0 saturated carbocycles. The highest BCUT2D eigenvalue weighted by atomic mass is 79.9. The summed E-state index contributed by atoms with van der Waals surface area (Å²) < 4.78 is 14.6. The number of aromatic nitrogens is 3. The monoisotopic (exact) mass is 604 g/mol. The molecule has 1 aliphatic rings. The molecule has 7 nitrogen and oxygen atoms in total. The Bertz CT molecular complexity index is 1450. The van der Waals surface area contributed by atoms with E-state index in [1.54, 1.807) is 16.4 Å². The van der Waals surface area contributed by atoms with Gasteiger partial charge in [-0.3, -0.25) is 0 Å². The number of thioether (sulfide) groups is 1. The van der Waals surface area contributed by atoms with Crippen molar-refractivity contribution in [3.8, 4) is 5.75 Å². The largest absolute Gasteiger partial charge is 0.489 e. The van der Waals surface area contributed by atoms with Gasteiger partial charge in [-0.1, -0.05) is 89.2 Å². The number of hydrogen-bond acceptors (Lipinski definition) is 7. The van der Waals surface area contributed by atoms with Crippen LogP contribution < -0.4 is 10.1 Å². The Balaban J connectivity index is 1.41. The molecule has 1 atom stereocenters. The van der Waals surface area contributed by atoms with Crippen LogP contribution in [0.25, 0.3) is 0 Å². The van der Waals surface area contributed by atoms with Crippen molar-refractivity contribution in [2.24, 2.45) is 0 Å². The fraction of sp³-hybridized carbons (Fsp3) is 0.233. The van der Waals surface area contributed by atoms with Crippen LogP contribution in [-0.2, 0) is 22.7 Å². The summed E-state index contributed by atoms with van der Waals surface area (Å²) in [7, 11) is 0. The summed E-state index contributed by atoms with van der Waals surface area (Å²) in [6.45, 7) is 4.64. The number of allylic oxidation sites excluding steroid dienone is 1. The minimum Gasteiger partial charge on any atom is -0.489 e. The molecule has 39 heavy (non-hydrogen) atoms. The summed E-state index contributed by atoms with van der Waals surface area (Å²) >= 11 is 5.06. The lowest BCUT2D eigenvalue weighted by Crippen LogP contribution is -2.29. The third-order valence-corrected chi connectivity index (χ3v) is 7.79. The molecule has 1 aliphatic heterocycles. The number of carbonyl (C=O) groups excluding carboxylic acids is 1. The maximum absolute atomic E-state index is 13.5. The highest BCUT2D eigenvalue weighted by Gasteiger charge is 2.35. The SMILES string of the molecule is CCCSc1nc2n(n1)C(c1ccc(OCc3ccc(Br)cc3)cc1)C(C(=O)OCc1ccccc1)=C(C)N2. The number of ether oxygens (including phenoxy) is 2. The average molecular weight is 606 g/mol. The minimum absolute atomic E-state index is 0.188. The first kappa shape index (κ1) is 27.0. The summed E-state index contributed by atoms with van der Waals surface area (Å²) in [6, 6.07) is 25.0. The van der Waals surface area contributed by atoms with E-state index in [0.717, 1.165) is 39.1 Å². The van der Waals surface area contributed by atoms with Gasteiger partial charge in [0.2, 0.25) is 11.1 Å². The molecular formula is C30H29BrN4O3S. The number of carbonyl (C=O) groups is 1. The van der Waals surface area contributed by atoms with Crippen molar-refractivity contribution in [2.75, 3.05) is 11.1 Å². The first-order valence-corrected chi connectivity index (χ1v) is 14.5. The molecule has 200 valence electrons. The highest BCUT2D eigenvalue weighted by molar-refractivity contribution is 9.10. The Morgan fingerprint density at radius 3 is 2.44 bits per heavy atom. The van der Waals surface area contributed by atoms with Crippen LogP contribution in [0.1, 0.15) is 43.0 Å². The minimum atomic E-state index is -0.492. The second-order valence-electron chi connectivity index (χ2n) is 9.12. The Morgan fingerprint density at radius 2 is 1.72 bits per heavy atom. The fourth-order valence-corrected chi connectivity index (χ4v) is 5.20. The number of nitrogens with zero attached hydrogens (tertiary/aromatic N) is 3. The van der Waals surface area contributed by atoms with Crippen molar-refractivity contribution in [1.29, 1.82) is 0 Å². The Hall–Kier alpha value is -3.56. The lowest BCUT2D eigenvalue weighted by molar-refractivity contribution is -0.140. The standard InChI is InChI=1S/C30H29BrN4O3S/c1-3-17-39-30-33-29-32-20(2)26(28(36)38-19-21-7-5-4-6-8-21)27(35(29)34-30)23-11-15-25(16-12-23)37-18-22-9-13-24(31)14-10-22/h4-16,27H,3,17-19H2,1-2H3,(H,32,33,34). The molecule has 1 aromatic heterocycles. The summed E-state index contributed by atoms with van der Waals surface area (Å²) in [5.74, 6) is 1.86. The number of halogens is 1. The molecule has 1 N–H and O–H groups in total.